The van der Waals surface area contributed by atoms with Crippen molar-refractivity contribution in [3.63, 3.8) is 0 Å². The maximum atomic E-state index is 3.87. The number of hydrogen-bond donors (Lipinski definition) is 0. The molecule has 0 aliphatic heterocycles. The number of unbranched alkanes of at least 4 members (excludes halogenated alkanes) is 6. The van der Waals surface area contributed by atoms with E-state index in [1.807, 2.05) is 0 Å². The topological polar surface area (TPSA) is 0 Å². The van der Waals surface area contributed by atoms with E-state index < -0.39 is 0 Å². The minimum Gasteiger partial charge on any atom is -0.103 e. The summed E-state index contributed by atoms with van der Waals surface area (Å²) in [6, 6.07) is 0. The molecule has 0 aromatic heterocycles. The monoisotopic (exact) mass is 234 g/mol. The van der Waals surface area contributed by atoms with Crippen molar-refractivity contribution in [2.45, 2.75) is 77.6 Å². The van der Waals surface area contributed by atoms with E-state index >= 15 is 0 Å². The second kappa shape index (κ2) is 13.6. The number of hydrogen-bond acceptors (Lipinski definition) is 0. The maximum absolute atomic E-state index is 3.87. The minimum atomic E-state index is 0.844. The van der Waals surface area contributed by atoms with E-state index in [9.17, 15) is 0 Å². The van der Waals surface area contributed by atoms with Crippen LogP contribution in [-0.4, -0.2) is 0 Å². The molecule has 0 aromatic carbocycles. The van der Waals surface area contributed by atoms with Gasteiger partial charge in [-0.1, -0.05) is 65.7 Å². The lowest BCUT2D eigenvalue weighted by Gasteiger charge is -2.08. The fourth-order valence-electron chi connectivity index (χ4n) is 1.88. The molecule has 1 unspecified atom stereocenters. The molecule has 0 spiro atoms. The molecule has 0 nitrogen and oxygen atoms in total. The van der Waals surface area contributed by atoms with Gasteiger partial charge >= 0.3 is 0 Å². The molecule has 0 aliphatic carbocycles. The van der Waals surface area contributed by atoms with E-state index in [2.05, 4.69) is 32.6 Å². The van der Waals surface area contributed by atoms with Crippen LogP contribution in [0.5, 0.6) is 0 Å². The third-order valence-electron chi connectivity index (χ3n) is 3.14. The zero-order valence-corrected chi connectivity index (χ0v) is 11.8. The molecule has 0 fully saturated rings. The Morgan fingerprint density at radius 2 is 1.41 bits per heavy atom. The summed E-state index contributed by atoms with van der Waals surface area (Å²) in [6.07, 6.45) is 13.4. The summed E-state index contributed by atoms with van der Waals surface area (Å²) >= 11 is 0. The lowest BCUT2D eigenvalue weighted by molar-refractivity contribution is 0.464. The fraction of sp³-hybridized carbons (Fsp3) is 0.765. The zero-order valence-electron chi connectivity index (χ0n) is 11.8. The third kappa shape index (κ3) is 13.5. The Morgan fingerprint density at radius 1 is 0.765 bits per heavy atom. The summed E-state index contributed by atoms with van der Waals surface area (Å²) in [6.45, 7) is 10.0. The Kier molecular flexibility index (Phi) is 13.3. The van der Waals surface area contributed by atoms with Crippen LogP contribution in [0.3, 0.4) is 0 Å². The number of rotatable bonds is 10. The molecular weight excluding hydrogens is 204 g/mol. The van der Waals surface area contributed by atoms with E-state index in [0.29, 0.717) is 0 Å². The van der Waals surface area contributed by atoms with E-state index in [1.165, 1.54) is 38.5 Å². The molecule has 17 heavy (non-hydrogen) atoms. The average Bonchev–Trinajstić information content (AvgIpc) is 2.33. The van der Waals surface area contributed by atoms with Crippen LogP contribution in [0.15, 0.2) is 0 Å². The molecule has 0 N–H and O–H groups in total. The molecule has 0 saturated heterocycles. The van der Waals surface area contributed by atoms with Gasteiger partial charge in [0.05, 0.1) is 0 Å². The highest BCUT2D eigenvalue weighted by molar-refractivity contribution is 4.98. The van der Waals surface area contributed by atoms with Crippen molar-refractivity contribution < 1.29 is 0 Å². The molecule has 1 atom stereocenters. The second-order valence-electron chi connectivity index (χ2n) is 5.01. The van der Waals surface area contributed by atoms with Crippen molar-refractivity contribution in [2.24, 2.45) is 5.92 Å². The lowest BCUT2D eigenvalue weighted by Crippen LogP contribution is -1.94. The van der Waals surface area contributed by atoms with Gasteiger partial charge in [0.15, 0.2) is 0 Å². The van der Waals surface area contributed by atoms with Crippen LogP contribution in [0, 0.1) is 31.6 Å². The molecule has 2 radical (unpaired) electrons. The largest absolute Gasteiger partial charge is 0.103 e. The van der Waals surface area contributed by atoms with Crippen molar-refractivity contribution >= 4 is 0 Å². The van der Waals surface area contributed by atoms with E-state index in [0.717, 1.165) is 38.0 Å². The molecule has 0 saturated carbocycles. The van der Waals surface area contributed by atoms with Crippen molar-refractivity contribution in [1.29, 1.82) is 0 Å². The first-order valence-corrected chi connectivity index (χ1v) is 7.35. The van der Waals surface area contributed by atoms with Gasteiger partial charge in [0.1, 0.15) is 0 Å². The molecule has 0 rings (SSSR count). The second-order valence-corrected chi connectivity index (χ2v) is 5.01. The fourth-order valence-corrected chi connectivity index (χ4v) is 1.88. The van der Waals surface area contributed by atoms with Crippen LogP contribution in [0.2, 0.25) is 0 Å². The van der Waals surface area contributed by atoms with Gasteiger partial charge in [0, 0.05) is 12.8 Å². The summed E-state index contributed by atoms with van der Waals surface area (Å²) in [5, 5.41) is 0. The van der Waals surface area contributed by atoms with Crippen LogP contribution in [0.4, 0.5) is 0 Å². The van der Waals surface area contributed by atoms with E-state index in [-0.39, 0.29) is 0 Å². The molecule has 0 heterocycles. The van der Waals surface area contributed by atoms with Crippen LogP contribution in [-0.2, 0) is 0 Å². The van der Waals surface area contributed by atoms with Gasteiger partial charge in [-0.15, -0.1) is 11.8 Å². The summed E-state index contributed by atoms with van der Waals surface area (Å²) in [7, 11) is 0. The lowest BCUT2D eigenvalue weighted by atomic mass is 9.98. The van der Waals surface area contributed by atoms with Gasteiger partial charge in [0.2, 0.25) is 0 Å². The van der Waals surface area contributed by atoms with Crippen molar-refractivity contribution in [3.8, 4) is 11.8 Å². The Morgan fingerprint density at radius 3 is 2.12 bits per heavy atom. The SMILES string of the molecule is [CH2]CCCC#CCCC(C)CCCCCC[CH2]. The molecule has 0 heteroatoms. The van der Waals surface area contributed by atoms with Gasteiger partial charge in [-0.3, -0.25) is 0 Å². The van der Waals surface area contributed by atoms with Crippen LogP contribution < -0.4 is 0 Å². The van der Waals surface area contributed by atoms with Crippen LogP contribution in [0.25, 0.3) is 0 Å². The quantitative estimate of drug-likeness (QED) is 0.341. The van der Waals surface area contributed by atoms with E-state index in [4.69, 9.17) is 0 Å². The van der Waals surface area contributed by atoms with Crippen molar-refractivity contribution in [1.82, 2.24) is 0 Å². The Balaban J connectivity index is 3.27. The zero-order chi connectivity index (χ0) is 12.8. The Hall–Kier alpha value is -0.440. The highest BCUT2D eigenvalue weighted by atomic mass is 14.1. The molecule has 0 amide bonds. The minimum absolute atomic E-state index is 0.844. The summed E-state index contributed by atoms with van der Waals surface area (Å²) in [5.74, 6) is 7.35. The molecule has 0 bridgehead atoms. The molecule has 0 aromatic rings. The normalized spacial score (nSPS) is 11.9. The van der Waals surface area contributed by atoms with Crippen molar-refractivity contribution in [3.05, 3.63) is 13.8 Å². The Bertz CT molecular complexity index is 194. The van der Waals surface area contributed by atoms with Gasteiger partial charge in [-0.25, -0.2) is 0 Å². The Labute approximate surface area is 110 Å². The first-order valence-electron chi connectivity index (χ1n) is 7.35. The summed E-state index contributed by atoms with van der Waals surface area (Å²) in [5.41, 5.74) is 0. The van der Waals surface area contributed by atoms with E-state index in [1.54, 1.807) is 0 Å². The highest BCUT2D eigenvalue weighted by Crippen LogP contribution is 2.15. The standard InChI is InChI=1S/C17H30/c1-4-6-8-10-12-14-16-17(3)15-13-11-9-7-5-2/h17H,1-2,4-9,11,13-16H2,3H3. The summed E-state index contributed by atoms with van der Waals surface area (Å²) < 4.78 is 0. The predicted molar refractivity (Wildman–Crippen MR) is 78.4 cm³/mol. The highest BCUT2D eigenvalue weighted by Gasteiger charge is 2.00. The van der Waals surface area contributed by atoms with Crippen LogP contribution >= 0.6 is 0 Å². The molecule has 0 aliphatic rings. The van der Waals surface area contributed by atoms with Gasteiger partial charge < -0.3 is 0 Å². The van der Waals surface area contributed by atoms with Gasteiger partial charge in [-0.05, 0) is 18.8 Å². The van der Waals surface area contributed by atoms with Gasteiger partial charge in [0.25, 0.3) is 0 Å². The van der Waals surface area contributed by atoms with Crippen molar-refractivity contribution in [2.75, 3.05) is 0 Å². The average molecular weight is 234 g/mol. The third-order valence-corrected chi connectivity index (χ3v) is 3.14. The smallest absolute Gasteiger partial charge is 0.00912 e. The predicted octanol–water partition coefficient (Wildman–Crippen LogP) is 5.59. The first-order chi connectivity index (χ1) is 8.31. The first kappa shape index (κ1) is 16.6. The van der Waals surface area contributed by atoms with Crippen LogP contribution in [0.1, 0.15) is 77.6 Å². The maximum Gasteiger partial charge on any atom is 0.00912 e. The summed E-state index contributed by atoms with van der Waals surface area (Å²) in [4.78, 5) is 0. The molecule has 98 valence electrons. The molecular formula is C17H30. The van der Waals surface area contributed by atoms with Gasteiger partial charge in [-0.2, -0.15) is 0 Å².